The Balaban J connectivity index is 1.27. The maximum Gasteiger partial charge on any atom is 0.329 e. The summed E-state index contributed by atoms with van der Waals surface area (Å²) in [6.07, 6.45) is 4.42. The first kappa shape index (κ1) is 56.9. The molecule has 0 radical (unpaired) electrons. The molecule has 11 heteroatoms. The van der Waals surface area contributed by atoms with Gasteiger partial charge in [0.05, 0.1) is 28.1 Å². The number of amides is 1. The molecule has 8 nitrogen and oxygen atoms in total. The van der Waals surface area contributed by atoms with Crippen LogP contribution in [0.3, 0.4) is 0 Å². The number of hydrogen-bond acceptors (Lipinski definition) is 8. The lowest BCUT2D eigenvalue weighted by Crippen LogP contribution is -2.52. The zero-order chi connectivity index (χ0) is 52.3. The quantitative estimate of drug-likeness (QED) is 0.0190. The van der Waals surface area contributed by atoms with Gasteiger partial charge in [0.1, 0.15) is 12.1 Å². The van der Waals surface area contributed by atoms with E-state index in [0.717, 1.165) is 59.1 Å². The van der Waals surface area contributed by atoms with Gasteiger partial charge in [0.25, 0.3) is 0 Å². The predicted molar refractivity (Wildman–Crippen MR) is 305 cm³/mol. The lowest BCUT2D eigenvalue weighted by atomic mass is 9.84. The van der Waals surface area contributed by atoms with Gasteiger partial charge in [-0.2, -0.15) is 0 Å². The van der Waals surface area contributed by atoms with Crippen molar-refractivity contribution in [3.8, 4) is 0 Å². The number of rotatable bonds is 28. The number of benzene rings is 6. The van der Waals surface area contributed by atoms with Crippen LogP contribution >= 0.6 is 23.5 Å². The molecule has 386 valence electrons. The van der Waals surface area contributed by atoms with E-state index in [1.807, 2.05) is 109 Å². The number of ether oxygens (including phenoxy) is 1. The fourth-order valence-corrected chi connectivity index (χ4v) is 13.6. The van der Waals surface area contributed by atoms with E-state index in [9.17, 15) is 19.5 Å². The van der Waals surface area contributed by atoms with Crippen molar-refractivity contribution in [3.05, 3.63) is 215 Å². The first-order valence-electron chi connectivity index (χ1n) is 25.9. The molecule has 73 heavy (non-hydrogen) atoms. The Morgan fingerprint density at radius 2 is 0.918 bits per heavy atom. The Kier molecular flexibility index (Phi) is 21.2. The maximum absolute atomic E-state index is 14.9. The van der Waals surface area contributed by atoms with Crippen LogP contribution in [-0.4, -0.2) is 67.1 Å². The summed E-state index contributed by atoms with van der Waals surface area (Å²) >= 11 is 3.20. The summed E-state index contributed by atoms with van der Waals surface area (Å²) in [4.78, 5) is 41.5. The van der Waals surface area contributed by atoms with Gasteiger partial charge in [-0.25, -0.2) is 4.79 Å². The third kappa shape index (κ3) is 15.1. The van der Waals surface area contributed by atoms with Gasteiger partial charge in [-0.1, -0.05) is 229 Å². The van der Waals surface area contributed by atoms with Crippen LogP contribution in [0.5, 0.6) is 0 Å². The second kappa shape index (κ2) is 27.2. The normalized spacial score (nSPS) is 13.8. The molecule has 0 fully saturated rings. The second-order valence-corrected chi connectivity index (χ2v) is 27.7. The number of carboxylic acid groups (broad SMARTS) is 1. The number of hydrogen-bond donors (Lipinski definition) is 3. The van der Waals surface area contributed by atoms with Crippen LogP contribution in [0.15, 0.2) is 182 Å². The second-order valence-electron chi connectivity index (χ2n) is 20.4. The van der Waals surface area contributed by atoms with Gasteiger partial charge < -0.3 is 25.3 Å². The maximum atomic E-state index is 14.9. The van der Waals surface area contributed by atoms with Gasteiger partial charge in [-0.05, 0) is 77.2 Å². The van der Waals surface area contributed by atoms with E-state index < -0.39 is 47.7 Å². The molecule has 0 saturated heterocycles. The minimum absolute atomic E-state index is 0.0237. The first-order chi connectivity index (χ1) is 35.1. The van der Waals surface area contributed by atoms with E-state index >= 15 is 0 Å². The van der Waals surface area contributed by atoms with E-state index in [1.54, 1.807) is 23.5 Å². The average Bonchev–Trinajstić information content (AvgIpc) is 3.39. The number of nitrogens with one attached hydrogen (secondary N) is 1. The third-order valence-corrected chi connectivity index (χ3v) is 21.9. The number of unbranched alkanes of at least 4 members (excludes halogenated alkanes) is 2. The highest BCUT2D eigenvalue weighted by Gasteiger charge is 2.42. The Hall–Kier alpha value is -5.43. The molecule has 0 spiro atoms. The summed E-state index contributed by atoms with van der Waals surface area (Å²) in [5.41, 5.74) is 13.3. The van der Waals surface area contributed by atoms with Crippen LogP contribution in [0.4, 0.5) is 0 Å². The van der Waals surface area contributed by atoms with Crippen molar-refractivity contribution in [2.75, 3.05) is 11.5 Å². The van der Waals surface area contributed by atoms with Crippen LogP contribution in [0.1, 0.15) is 112 Å². The van der Waals surface area contributed by atoms with Crippen molar-refractivity contribution in [1.29, 1.82) is 0 Å². The smallest absolute Gasteiger partial charge is 0.329 e. The summed E-state index contributed by atoms with van der Waals surface area (Å²) in [6.45, 7) is 12.9. The van der Waals surface area contributed by atoms with Crippen molar-refractivity contribution >= 4 is 49.7 Å². The van der Waals surface area contributed by atoms with Crippen molar-refractivity contribution in [2.24, 2.45) is 5.73 Å². The first-order valence-corrected chi connectivity index (χ1v) is 30.8. The van der Waals surface area contributed by atoms with E-state index in [4.69, 9.17) is 14.9 Å². The molecule has 4 N–H and O–H groups in total. The molecule has 6 aromatic carbocycles. The summed E-state index contributed by atoms with van der Waals surface area (Å²) in [6, 6.07) is 59.8. The van der Waals surface area contributed by atoms with Crippen molar-refractivity contribution in [2.45, 2.75) is 131 Å². The molecule has 0 unspecified atom stereocenters. The van der Waals surface area contributed by atoms with Crippen molar-refractivity contribution < 1.29 is 28.7 Å². The predicted octanol–water partition coefficient (Wildman–Crippen LogP) is 13.8. The Bertz CT molecular complexity index is 2390. The van der Waals surface area contributed by atoms with E-state index in [-0.39, 0.29) is 35.2 Å². The molecule has 0 aliphatic rings. The zero-order valence-electron chi connectivity index (χ0n) is 43.6. The fourth-order valence-electron chi connectivity index (χ4n) is 9.23. The van der Waals surface area contributed by atoms with E-state index in [0.29, 0.717) is 19.3 Å². The van der Waals surface area contributed by atoms with E-state index in [2.05, 4.69) is 119 Å². The number of carbonyl (C=O) groups is 3. The van der Waals surface area contributed by atoms with Gasteiger partial charge in [0, 0.05) is 11.5 Å². The molecule has 0 aliphatic heterocycles. The number of nitrogens with two attached hydrogens (primary N) is 1. The minimum Gasteiger partial charge on any atom is -0.481 e. The Morgan fingerprint density at radius 3 is 1.26 bits per heavy atom. The molecule has 1 amide bonds. The molecule has 4 atom stereocenters. The monoisotopic (exact) mass is 1040 g/mol. The summed E-state index contributed by atoms with van der Waals surface area (Å²) in [7, 11) is -2.17. The molecular formula is C62H76N2O6S2Si. The Labute approximate surface area is 444 Å². The molecule has 0 aliphatic carbocycles. The molecule has 6 rings (SSSR count). The third-order valence-electron chi connectivity index (χ3n) is 14.1. The zero-order valence-corrected chi connectivity index (χ0v) is 46.2. The summed E-state index contributed by atoms with van der Waals surface area (Å²) in [5.74, 6) is -1.37. The molecular weight excluding hydrogens is 961 g/mol. The average molecular weight is 1040 g/mol. The van der Waals surface area contributed by atoms with Gasteiger partial charge in [-0.3, -0.25) is 9.59 Å². The van der Waals surface area contributed by atoms with Crippen LogP contribution in [0.25, 0.3) is 0 Å². The lowest BCUT2D eigenvalue weighted by molar-refractivity contribution is -0.153. The molecule has 0 saturated carbocycles. The number of thioether (sulfide) groups is 2. The lowest BCUT2D eigenvalue weighted by Gasteiger charge is -2.39. The molecule has 0 heterocycles. The highest BCUT2D eigenvalue weighted by Crippen LogP contribution is 2.50. The van der Waals surface area contributed by atoms with Gasteiger partial charge >= 0.3 is 11.9 Å². The molecule has 0 aromatic heterocycles. The van der Waals surface area contributed by atoms with Crippen molar-refractivity contribution in [3.63, 3.8) is 0 Å². The molecule has 6 aromatic rings. The van der Waals surface area contributed by atoms with Crippen LogP contribution in [0.2, 0.25) is 18.1 Å². The number of aliphatic carboxylic acids is 1. The SMILES string of the molecule is CCC[C@H](CCCCC[C@@H](CC(=O)O)O[Si](C)(C)C(C)(C)C)OC(=O)[C@H](CSC(c1ccccc1)(c1ccccc1)c1ccccc1)NC(=O)[C@@H](N)CSC(c1ccccc1)(c1ccccc1)c1ccccc1. The van der Waals surface area contributed by atoms with E-state index in [1.165, 1.54) is 0 Å². The summed E-state index contributed by atoms with van der Waals surface area (Å²) in [5, 5.41) is 12.8. The number of carbonyl (C=O) groups excluding carboxylic acids is 2. The minimum atomic E-state index is -2.17. The van der Waals surface area contributed by atoms with Crippen LogP contribution in [0, 0.1) is 0 Å². The van der Waals surface area contributed by atoms with Crippen LogP contribution < -0.4 is 11.1 Å². The fraction of sp³-hybridized carbons (Fsp3) is 0.371. The number of esters is 1. The van der Waals surface area contributed by atoms with Gasteiger partial charge in [0.2, 0.25) is 5.91 Å². The standard InChI is InChI=1S/C62H76N2O6S2Si/c1-7-29-53(42-27-14-28-43-54(44-57(65)66)70-73(5,6)60(2,3)4)69-59(68)56(46-72-62(50-36-21-11-22-37-50,51-38-23-12-24-39-51)52-40-25-13-26-41-52)64-58(67)55(63)45-71-61(47-30-15-8-16-31-47,48-32-17-9-18-33-48)49-34-19-10-20-35-49/h8-13,15-26,30-41,53-56H,7,14,27-29,42-46,63H2,1-6H3,(H,64,67)(H,65,66)/t53-,54+,55+,56+/m1/s1. The highest BCUT2D eigenvalue weighted by atomic mass is 32.2. The van der Waals surface area contributed by atoms with Gasteiger partial charge in [-0.15, -0.1) is 23.5 Å². The van der Waals surface area contributed by atoms with Crippen LogP contribution in [-0.2, 0) is 33.0 Å². The Morgan fingerprint density at radius 1 is 0.562 bits per heavy atom. The highest BCUT2D eigenvalue weighted by molar-refractivity contribution is 8.01. The summed E-state index contributed by atoms with van der Waals surface area (Å²) < 4.78 is 11.6. The largest absolute Gasteiger partial charge is 0.481 e. The van der Waals surface area contributed by atoms with Crippen molar-refractivity contribution in [1.82, 2.24) is 5.32 Å². The molecule has 0 bridgehead atoms. The van der Waals surface area contributed by atoms with Gasteiger partial charge in [0.15, 0.2) is 8.32 Å². The number of carboxylic acids is 1. The topological polar surface area (TPSA) is 128 Å².